The summed E-state index contributed by atoms with van der Waals surface area (Å²) in [5, 5.41) is 8.46. The van der Waals surface area contributed by atoms with Gasteiger partial charge >= 0.3 is 0 Å². The molecule has 0 unspecified atom stereocenters. The minimum absolute atomic E-state index is 0.501. The van der Waals surface area contributed by atoms with Crippen molar-refractivity contribution in [1.29, 1.82) is 0 Å². The molecule has 0 bridgehead atoms. The van der Waals surface area contributed by atoms with Gasteiger partial charge in [0.25, 0.3) is 0 Å². The molecule has 4 heterocycles. The van der Waals surface area contributed by atoms with E-state index >= 15 is 0 Å². The van der Waals surface area contributed by atoms with Crippen LogP contribution >= 0.6 is 0 Å². The summed E-state index contributed by atoms with van der Waals surface area (Å²) in [6, 6.07) is 21.4. The standard InChI is InChI=1S/C32H31N5O/c1-20-15-29-32(35-30(20)27-8-4-6-22-5-3-7-26(22)27)31(23-11-14-28(34-18-23)24-16-33-17-24)36-37(29)19-21-9-12-25(38-2)13-10-21/h4,6,8-15,18,24,33H,3,5,7,16-17,19H2,1-2H3. The van der Waals surface area contributed by atoms with E-state index in [-0.39, 0.29) is 0 Å². The Hall–Kier alpha value is -4.03. The molecule has 0 saturated carbocycles. The van der Waals surface area contributed by atoms with E-state index < -0.39 is 0 Å². The fraction of sp³-hybridized carbons (Fsp3) is 0.281. The van der Waals surface area contributed by atoms with E-state index in [1.54, 1.807) is 7.11 Å². The lowest BCUT2D eigenvalue weighted by atomic mass is 9.97. The molecule has 1 aliphatic carbocycles. The fourth-order valence-corrected chi connectivity index (χ4v) is 5.81. The number of nitrogens with zero attached hydrogens (tertiary/aromatic N) is 4. The average Bonchev–Trinajstić information content (AvgIpc) is 3.53. The highest BCUT2D eigenvalue weighted by Crippen LogP contribution is 2.36. The van der Waals surface area contributed by atoms with Gasteiger partial charge in [-0.25, -0.2) is 4.98 Å². The fourth-order valence-electron chi connectivity index (χ4n) is 5.81. The third-order valence-corrected chi connectivity index (χ3v) is 8.07. The Morgan fingerprint density at radius 2 is 1.87 bits per heavy atom. The highest BCUT2D eigenvalue weighted by atomic mass is 16.5. The van der Waals surface area contributed by atoms with E-state index in [2.05, 4.69) is 65.5 Å². The molecule has 6 nitrogen and oxygen atoms in total. The lowest BCUT2D eigenvalue weighted by Gasteiger charge is -2.26. The molecule has 1 N–H and O–H groups in total. The smallest absolute Gasteiger partial charge is 0.120 e. The first kappa shape index (κ1) is 23.1. The summed E-state index contributed by atoms with van der Waals surface area (Å²) in [6.07, 6.45) is 5.46. The lowest BCUT2D eigenvalue weighted by Crippen LogP contribution is -2.40. The summed E-state index contributed by atoms with van der Waals surface area (Å²) >= 11 is 0. The summed E-state index contributed by atoms with van der Waals surface area (Å²) in [5.74, 6) is 1.35. The monoisotopic (exact) mass is 501 g/mol. The van der Waals surface area contributed by atoms with Gasteiger partial charge in [-0.1, -0.05) is 30.3 Å². The molecular formula is C32H31N5O. The van der Waals surface area contributed by atoms with Crippen LogP contribution in [0.25, 0.3) is 33.5 Å². The summed E-state index contributed by atoms with van der Waals surface area (Å²) in [7, 11) is 1.69. The van der Waals surface area contributed by atoms with Gasteiger partial charge in [-0.15, -0.1) is 0 Å². The number of methoxy groups -OCH3 is 1. The van der Waals surface area contributed by atoms with Crippen molar-refractivity contribution >= 4 is 11.0 Å². The highest BCUT2D eigenvalue weighted by molar-refractivity contribution is 5.92. The van der Waals surface area contributed by atoms with Crippen LogP contribution in [-0.2, 0) is 19.4 Å². The second kappa shape index (κ2) is 9.37. The zero-order valence-electron chi connectivity index (χ0n) is 21.9. The number of benzene rings is 2. The van der Waals surface area contributed by atoms with E-state index in [4.69, 9.17) is 19.8 Å². The number of rotatable bonds is 6. The van der Waals surface area contributed by atoms with Crippen LogP contribution in [0.5, 0.6) is 5.75 Å². The molecule has 0 atom stereocenters. The first-order chi connectivity index (χ1) is 18.7. The second-order valence-corrected chi connectivity index (χ2v) is 10.5. The normalized spacial score (nSPS) is 15.0. The Morgan fingerprint density at radius 1 is 1.00 bits per heavy atom. The van der Waals surface area contributed by atoms with Crippen LogP contribution in [0.1, 0.15) is 40.3 Å². The van der Waals surface area contributed by atoms with E-state index in [1.165, 1.54) is 28.7 Å². The molecular weight excluding hydrogens is 470 g/mol. The minimum atomic E-state index is 0.501. The zero-order chi connectivity index (χ0) is 25.6. The molecule has 38 heavy (non-hydrogen) atoms. The molecule has 7 rings (SSSR count). The second-order valence-electron chi connectivity index (χ2n) is 10.5. The van der Waals surface area contributed by atoms with Crippen LogP contribution in [0, 0.1) is 6.92 Å². The van der Waals surface area contributed by atoms with Crippen molar-refractivity contribution in [3.8, 4) is 28.3 Å². The van der Waals surface area contributed by atoms with Gasteiger partial charge in [0.05, 0.1) is 24.9 Å². The van der Waals surface area contributed by atoms with E-state index in [0.29, 0.717) is 12.5 Å². The van der Waals surface area contributed by atoms with Crippen LogP contribution in [0.15, 0.2) is 66.9 Å². The van der Waals surface area contributed by atoms with Gasteiger partial charge in [-0.2, -0.15) is 5.10 Å². The third-order valence-electron chi connectivity index (χ3n) is 8.07. The predicted molar refractivity (Wildman–Crippen MR) is 151 cm³/mol. The molecule has 0 radical (unpaired) electrons. The average molecular weight is 502 g/mol. The maximum absolute atomic E-state index is 5.35. The van der Waals surface area contributed by atoms with Crippen LogP contribution in [0.3, 0.4) is 0 Å². The van der Waals surface area contributed by atoms with Crippen molar-refractivity contribution in [2.45, 2.75) is 38.6 Å². The molecule has 190 valence electrons. The molecule has 0 amide bonds. The number of hydrogen-bond acceptors (Lipinski definition) is 5. The SMILES string of the molecule is COc1ccc(Cn2nc(-c3ccc(C4CNC4)nc3)c3nc(-c4cccc5c4CCC5)c(C)cc32)cc1. The largest absolute Gasteiger partial charge is 0.497 e. The van der Waals surface area contributed by atoms with E-state index in [0.717, 1.165) is 70.9 Å². The maximum atomic E-state index is 5.35. The molecule has 3 aromatic heterocycles. The van der Waals surface area contributed by atoms with Crippen molar-refractivity contribution in [3.05, 3.63) is 94.8 Å². The number of fused-ring (bicyclic) bond motifs is 2. The number of pyridine rings is 2. The molecule has 5 aromatic rings. The summed E-state index contributed by atoms with van der Waals surface area (Å²) < 4.78 is 7.43. The molecule has 2 aliphatic rings. The Morgan fingerprint density at radius 3 is 2.61 bits per heavy atom. The van der Waals surface area contributed by atoms with Crippen LogP contribution in [0.2, 0.25) is 0 Å². The van der Waals surface area contributed by atoms with Gasteiger partial charge in [-0.05, 0) is 78.8 Å². The Labute approximate surface area is 222 Å². The maximum Gasteiger partial charge on any atom is 0.120 e. The summed E-state index contributed by atoms with van der Waals surface area (Å²) in [4.78, 5) is 10.1. The highest BCUT2D eigenvalue weighted by Gasteiger charge is 2.23. The van der Waals surface area contributed by atoms with Gasteiger partial charge in [0.1, 0.15) is 17.0 Å². The number of nitrogens with one attached hydrogen (secondary N) is 1. The number of hydrogen-bond donors (Lipinski definition) is 1. The van der Waals surface area contributed by atoms with Gasteiger partial charge in [-0.3, -0.25) is 9.67 Å². The van der Waals surface area contributed by atoms with Crippen LogP contribution in [-0.4, -0.2) is 39.9 Å². The molecule has 0 spiro atoms. The van der Waals surface area contributed by atoms with Crippen molar-refractivity contribution in [2.24, 2.45) is 0 Å². The van der Waals surface area contributed by atoms with Gasteiger partial charge in [0.15, 0.2) is 0 Å². The van der Waals surface area contributed by atoms with Gasteiger partial charge < -0.3 is 10.1 Å². The van der Waals surface area contributed by atoms with Crippen molar-refractivity contribution < 1.29 is 4.74 Å². The number of aryl methyl sites for hydroxylation is 2. The topological polar surface area (TPSA) is 64.9 Å². The predicted octanol–water partition coefficient (Wildman–Crippen LogP) is 5.70. The van der Waals surface area contributed by atoms with E-state index in [1.807, 2.05) is 18.3 Å². The third kappa shape index (κ3) is 3.96. The number of ether oxygens (including phenoxy) is 1. The van der Waals surface area contributed by atoms with Gasteiger partial charge in [0, 0.05) is 42.0 Å². The van der Waals surface area contributed by atoms with Crippen molar-refractivity contribution in [1.82, 2.24) is 25.1 Å². The lowest BCUT2D eigenvalue weighted by molar-refractivity contribution is 0.414. The molecule has 1 saturated heterocycles. The zero-order valence-corrected chi connectivity index (χ0v) is 21.9. The molecule has 6 heteroatoms. The van der Waals surface area contributed by atoms with Crippen molar-refractivity contribution in [3.63, 3.8) is 0 Å². The minimum Gasteiger partial charge on any atom is -0.497 e. The Balaban J connectivity index is 1.37. The summed E-state index contributed by atoms with van der Waals surface area (Å²) in [6.45, 7) is 4.82. The molecule has 1 fully saturated rings. The van der Waals surface area contributed by atoms with Gasteiger partial charge in [0.2, 0.25) is 0 Å². The quantitative estimate of drug-likeness (QED) is 0.323. The molecule has 1 aliphatic heterocycles. The van der Waals surface area contributed by atoms with Crippen molar-refractivity contribution in [2.75, 3.05) is 20.2 Å². The Kier molecular flexibility index (Phi) is 5.70. The first-order valence-corrected chi connectivity index (χ1v) is 13.5. The first-order valence-electron chi connectivity index (χ1n) is 13.5. The van der Waals surface area contributed by atoms with Crippen LogP contribution in [0.4, 0.5) is 0 Å². The van der Waals surface area contributed by atoms with E-state index in [9.17, 15) is 0 Å². The molecule has 2 aromatic carbocycles. The number of aromatic nitrogens is 4. The van der Waals surface area contributed by atoms with Crippen LogP contribution < -0.4 is 10.1 Å². The Bertz CT molecular complexity index is 1630. The summed E-state index contributed by atoms with van der Waals surface area (Å²) in [5.41, 5.74) is 12.6.